The van der Waals surface area contributed by atoms with E-state index in [9.17, 15) is 4.79 Å². The molecule has 2 N–H and O–H groups in total. The smallest absolute Gasteiger partial charge is 0.239 e. The van der Waals surface area contributed by atoms with Crippen molar-refractivity contribution in [1.82, 2.24) is 14.7 Å². The fourth-order valence-electron chi connectivity index (χ4n) is 2.18. The Labute approximate surface area is 136 Å². The zero-order valence-electron chi connectivity index (χ0n) is 14.1. The Morgan fingerprint density at radius 3 is 2.61 bits per heavy atom. The first-order valence-electron chi connectivity index (χ1n) is 7.65. The minimum atomic E-state index is -0.138. The number of carbonyl (C=O) groups is 1. The fraction of sp³-hybridized carbons (Fsp3) is 0.412. The van der Waals surface area contributed by atoms with Crippen LogP contribution in [0.25, 0.3) is 5.69 Å². The van der Waals surface area contributed by atoms with Crippen molar-refractivity contribution in [2.24, 2.45) is 0 Å². The number of carbonyl (C=O) groups excluding carboxylic acids is 1. The summed E-state index contributed by atoms with van der Waals surface area (Å²) in [6.07, 6.45) is 0. The molecule has 0 fully saturated rings. The predicted molar refractivity (Wildman–Crippen MR) is 90.8 cm³/mol. The third kappa shape index (κ3) is 4.40. The van der Waals surface area contributed by atoms with E-state index < -0.39 is 0 Å². The third-order valence-corrected chi connectivity index (χ3v) is 3.79. The van der Waals surface area contributed by atoms with E-state index in [-0.39, 0.29) is 25.1 Å². The van der Waals surface area contributed by atoms with Crippen LogP contribution in [0.4, 0.5) is 5.82 Å². The minimum Gasteiger partial charge on any atom is -0.395 e. The lowest BCUT2D eigenvalue weighted by atomic mass is 10.2. The van der Waals surface area contributed by atoms with Gasteiger partial charge in [-0.25, -0.2) is 4.68 Å². The van der Waals surface area contributed by atoms with Crippen molar-refractivity contribution in [3.63, 3.8) is 0 Å². The number of aliphatic hydroxyl groups is 1. The SMILES string of the molecule is Cc1ccc(-n2nc(C)cc2NC(=O)CN(C)C(C)CO)cc1. The maximum Gasteiger partial charge on any atom is 0.239 e. The van der Waals surface area contributed by atoms with Gasteiger partial charge in [0.15, 0.2) is 0 Å². The predicted octanol–water partition coefficient (Wildman–Crippen LogP) is 1.74. The second-order valence-corrected chi connectivity index (χ2v) is 5.91. The van der Waals surface area contributed by atoms with E-state index in [1.54, 1.807) is 9.58 Å². The summed E-state index contributed by atoms with van der Waals surface area (Å²) in [5.41, 5.74) is 2.90. The Kier molecular flexibility index (Phi) is 5.52. The summed E-state index contributed by atoms with van der Waals surface area (Å²) in [4.78, 5) is 14.0. The van der Waals surface area contributed by atoms with E-state index in [0.717, 1.165) is 11.4 Å². The van der Waals surface area contributed by atoms with E-state index in [1.807, 2.05) is 58.2 Å². The van der Waals surface area contributed by atoms with Crippen molar-refractivity contribution in [2.45, 2.75) is 26.8 Å². The number of rotatable bonds is 6. The molecule has 0 spiro atoms. The molecule has 0 saturated carbocycles. The highest BCUT2D eigenvalue weighted by atomic mass is 16.3. The minimum absolute atomic E-state index is 0.0180. The van der Waals surface area contributed by atoms with E-state index in [4.69, 9.17) is 5.11 Å². The highest BCUT2D eigenvalue weighted by molar-refractivity contribution is 5.91. The van der Waals surface area contributed by atoms with Gasteiger partial charge in [-0.2, -0.15) is 5.10 Å². The van der Waals surface area contributed by atoms with Gasteiger partial charge in [-0.1, -0.05) is 17.7 Å². The van der Waals surface area contributed by atoms with Gasteiger partial charge in [0, 0.05) is 12.1 Å². The molecule has 1 aromatic carbocycles. The molecule has 6 nitrogen and oxygen atoms in total. The van der Waals surface area contributed by atoms with Crippen LogP contribution in [0.2, 0.25) is 0 Å². The van der Waals surface area contributed by atoms with Crippen molar-refractivity contribution in [3.8, 4) is 5.69 Å². The first kappa shape index (κ1) is 17.2. The highest BCUT2D eigenvalue weighted by Crippen LogP contribution is 2.17. The number of anilines is 1. The van der Waals surface area contributed by atoms with Crippen molar-refractivity contribution in [3.05, 3.63) is 41.6 Å². The number of hydrogen-bond donors (Lipinski definition) is 2. The van der Waals surface area contributed by atoms with Crippen LogP contribution in [0, 0.1) is 13.8 Å². The Bertz CT molecular complexity index is 664. The van der Waals surface area contributed by atoms with Crippen LogP contribution in [0.15, 0.2) is 30.3 Å². The van der Waals surface area contributed by atoms with Crippen LogP contribution in [0.5, 0.6) is 0 Å². The molecule has 0 aliphatic carbocycles. The van der Waals surface area contributed by atoms with Crippen LogP contribution in [0.3, 0.4) is 0 Å². The molecule has 0 bridgehead atoms. The number of aromatic nitrogens is 2. The van der Waals surface area contributed by atoms with Gasteiger partial charge in [-0.3, -0.25) is 9.69 Å². The Morgan fingerprint density at radius 1 is 1.35 bits per heavy atom. The Morgan fingerprint density at radius 2 is 2.00 bits per heavy atom. The van der Waals surface area contributed by atoms with Gasteiger partial charge in [0.1, 0.15) is 5.82 Å². The Hall–Kier alpha value is -2.18. The van der Waals surface area contributed by atoms with Crippen LogP contribution in [0.1, 0.15) is 18.2 Å². The molecule has 0 aliphatic heterocycles. The topological polar surface area (TPSA) is 70.4 Å². The van der Waals surface area contributed by atoms with Crippen LogP contribution in [-0.4, -0.2) is 51.9 Å². The van der Waals surface area contributed by atoms with Crippen LogP contribution in [-0.2, 0) is 4.79 Å². The molecule has 1 amide bonds. The number of amides is 1. The molecule has 23 heavy (non-hydrogen) atoms. The number of benzene rings is 1. The molecule has 0 radical (unpaired) electrons. The lowest BCUT2D eigenvalue weighted by Gasteiger charge is -2.22. The van der Waals surface area contributed by atoms with Gasteiger partial charge in [-0.05, 0) is 40.0 Å². The molecule has 124 valence electrons. The van der Waals surface area contributed by atoms with Gasteiger partial charge in [-0.15, -0.1) is 0 Å². The van der Waals surface area contributed by atoms with Crippen molar-refractivity contribution >= 4 is 11.7 Å². The number of aryl methyl sites for hydroxylation is 2. The van der Waals surface area contributed by atoms with Gasteiger partial charge in [0.05, 0.1) is 24.5 Å². The summed E-state index contributed by atoms with van der Waals surface area (Å²) >= 11 is 0. The fourth-order valence-corrected chi connectivity index (χ4v) is 2.18. The van der Waals surface area contributed by atoms with Crippen LogP contribution >= 0.6 is 0 Å². The zero-order chi connectivity index (χ0) is 17.0. The number of aliphatic hydroxyl groups excluding tert-OH is 1. The van der Waals surface area contributed by atoms with Crippen LogP contribution < -0.4 is 5.32 Å². The number of hydrogen-bond acceptors (Lipinski definition) is 4. The summed E-state index contributed by atoms with van der Waals surface area (Å²) in [6.45, 7) is 6.01. The Balaban J connectivity index is 2.14. The number of likely N-dealkylation sites (N-methyl/N-ethyl adjacent to an activating group) is 1. The largest absolute Gasteiger partial charge is 0.395 e. The second-order valence-electron chi connectivity index (χ2n) is 5.91. The quantitative estimate of drug-likeness (QED) is 0.851. The standard InChI is InChI=1S/C17H24N4O2/c1-12-5-7-15(8-6-12)21-16(9-13(2)19-21)18-17(23)10-20(4)14(3)11-22/h5-9,14,22H,10-11H2,1-4H3,(H,18,23). The number of nitrogens with one attached hydrogen (secondary N) is 1. The van der Waals surface area contributed by atoms with E-state index in [2.05, 4.69) is 10.4 Å². The third-order valence-electron chi connectivity index (χ3n) is 3.79. The first-order chi connectivity index (χ1) is 10.9. The summed E-state index contributed by atoms with van der Waals surface area (Å²) in [5, 5.41) is 16.5. The highest BCUT2D eigenvalue weighted by Gasteiger charge is 2.15. The summed E-state index contributed by atoms with van der Waals surface area (Å²) in [5.74, 6) is 0.502. The molecule has 1 unspecified atom stereocenters. The molecule has 0 aliphatic rings. The lowest BCUT2D eigenvalue weighted by molar-refractivity contribution is -0.117. The molecule has 2 aromatic rings. The van der Waals surface area contributed by atoms with Gasteiger partial charge >= 0.3 is 0 Å². The monoisotopic (exact) mass is 316 g/mol. The summed E-state index contributed by atoms with van der Waals surface area (Å²) in [6, 6.07) is 9.73. The number of nitrogens with zero attached hydrogens (tertiary/aromatic N) is 3. The molecule has 6 heteroatoms. The summed E-state index contributed by atoms with van der Waals surface area (Å²) in [7, 11) is 1.81. The molecule has 1 aromatic heterocycles. The zero-order valence-corrected chi connectivity index (χ0v) is 14.1. The molecule has 2 rings (SSSR count). The normalized spacial score (nSPS) is 12.4. The molecule has 1 atom stereocenters. The second kappa shape index (κ2) is 7.39. The van der Waals surface area contributed by atoms with E-state index in [1.165, 1.54) is 5.56 Å². The summed E-state index contributed by atoms with van der Waals surface area (Å²) < 4.78 is 1.72. The molecule has 0 saturated heterocycles. The average Bonchev–Trinajstić information content (AvgIpc) is 2.87. The lowest BCUT2D eigenvalue weighted by Crippen LogP contribution is -2.38. The van der Waals surface area contributed by atoms with Gasteiger partial charge < -0.3 is 10.4 Å². The molecule has 1 heterocycles. The average molecular weight is 316 g/mol. The molecular weight excluding hydrogens is 292 g/mol. The van der Waals surface area contributed by atoms with Gasteiger partial charge in [0.2, 0.25) is 5.91 Å². The van der Waals surface area contributed by atoms with Gasteiger partial charge in [0.25, 0.3) is 0 Å². The van der Waals surface area contributed by atoms with E-state index >= 15 is 0 Å². The first-order valence-corrected chi connectivity index (χ1v) is 7.65. The van der Waals surface area contributed by atoms with Crippen molar-refractivity contribution in [1.29, 1.82) is 0 Å². The van der Waals surface area contributed by atoms with E-state index in [0.29, 0.717) is 5.82 Å². The van der Waals surface area contributed by atoms with Crippen molar-refractivity contribution in [2.75, 3.05) is 25.5 Å². The van der Waals surface area contributed by atoms with Crippen molar-refractivity contribution < 1.29 is 9.90 Å². The maximum absolute atomic E-state index is 12.2. The molecular formula is C17H24N4O2. The maximum atomic E-state index is 12.2.